The molecule has 164 valence electrons. The van der Waals surface area contributed by atoms with Crippen LogP contribution in [0.2, 0.25) is 0 Å². The Kier molecular flexibility index (Phi) is 7.05. The first kappa shape index (κ1) is 24.6. The average molecular weight is 501 g/mol. The second kappa shape index (κ2) is 9.45. The van der Waals surface area contributed by atoms with Gasteiger partial charge in [0.15, 0.2) is 0 Å². The fraction of sp³-hybridized carbons (Fsp3) is 0.333. The van der Waals surface area contributed by atoms with E-state index < -0.39 is 0 Å². The van der Waals surface area contributed by atoms with E-state index in [-0.39, 0.29) is 10.8 Å². The molecule has 0 N–H and O–H groups in total. The first-order valence-electron chi connectivity index (χ1n) is 10.5. The molecule has 2 heterocycles. The molecule has 0 aliphatic carbocycles. The summed E-state index contributed by atoms with van der Waals surface area (Å²) in [5.41, 5.74) is 5.09. The van der Waals surface area contributed by atoms with Crippen LogP contribution in [0.3, 0.4) is 0 Å². The van der Waals surface area contributed by atoms with Gasteiger partial charge in [-0.05, 0) is 29.3 Å². The van der Waals surface area contributed by atoms with Crippen molar-refractivity contribution in [3.05, 3.63) is 57.1 Å². The number of hydrogen-bond acceptors (Lipinski definition) is 6. The molecule has 0 atom stereocenters. The highest BCUT2D eigenvalue weighted by molar-refractivity contribution is 9.10. The molecule has 0 saturated carbocycles. The van der Waals surface area contributed by atoms with E-state index in [9.17, 15) is 14.9 Å². The van der Waals surface area contributed by atoms with Gasteiger partial charge in [0.25, 0.3) is 0 Å². The van der Waals surface area contributed by atoms with Crippen molar-refractivity contribution >= 4 is 54.5 Å². The van der Waals surface area contributed by atoms with Crippen LogP contribution in [0.1, 0.15) is 49.9 Å². The molecule has 9 heteroatoms. The van der Waals surface area contributed by atoms with Gasteiger partial charge in [-0.25, -0.2) is 0 Å². The number of para-hydroxylation sites is 1. The molecule has 0 amide bonds. The topological polar surface area (TPSA) is 88.2 Å². The highest BCUT2D eigenvalue weighted by Gasteiger charge is 2.37. The predicted molar refractivity (Wildman–Crippen MR) is 136 cm³/mol. The molecule has 2 aliphatic heterocycles. The van der Waals surface area contributed by atoms with Crippen LogP contribution in [-0.4, -0.2) is 40.3 Å². The minimum absolute atomic E-state index is 0.0261. The van der Waals surface area contributed by atoms with Crippen molar-refractivity contribution in [3.8, 4) is 12.1 Å². The van der Waals surface area contributed by atoms with Gasteiger partial charge in [-0.1, -0.05) is 55.8 Å². The molecule has 4 rings (SSSR count). The van der Waals surface area contributed by atoms with Gasteiger partial charge < -0.3 is 19.2 Å². The van der Waals surface area contributed by atoms with Crippen molar-refractivity contribution in [2.24, 2.45) is 0 Å². The number of anilines is 2. The lowest BCUT2D eigenvalue weighted by atomic mass is 9.86. The molecule has 2 radical (unpaired) electrons. The van der Waals surface area contributed by atoms with Gasteiger partial charge in [-0.2, -0.15) is 10.5 Å². The summed E-state index contributed by atoms with van der Waals surface area (Å²) >= 11 is 3.42. The summed E-state index contributed by atoms with van der Waals surface area (Å²) in [5.74, 6) is 0. The maximum Gasteiger partial charge on any atom is 0.329 e. The summed E-state index contributed by atoms with van der Waals surface area (Å²) < 4.78 is 0.897. The van der Waals surface area contributed by atoms with Gasteiger partial charge >= 0.3 is 14.8 Å². The second-order valence-electron chi connectivity index (χ2n) is 9.37. The van der Waals surface area contributed by atoms with Crippen molar-refractivity contribution in [2.75, 3.05) is 22.7 Å². The quantitative estimate of drug-likeness (QED) is 0.470. The lowest BCUT2D eigenvalue weighted by Crippen LogP contribution is -2.32. The maximum absolute atomic E-state index is 10.7. The third kappa shape index (κ3) is 4.70. The number of fused-ring (bicyclic) bond motifs is 2. The highest BCUT2D eigenvalue weighted by atomic mass is 79.9. The Morgan fingerprint density at radius 1 is 0.879 bits per heavy atom. The molecule has 0 fully saturated rings. The predicted octanol–water partition coefficient (Wildman–Crippen LogP) is 3.69. The zero-order chi connectivity index (χ0) is 24.4. The largest absolute Gasteiger partial charge is 0.410 e. The Morgan fingerprint density at radius 3 is 1.91 bits per heavy atom. The smallest absolute Gasteiger partial charge is 0.329 e. The fourth-order valence-corrected chi connectivity index (χ4v) is 5.04. The average Bonchev–Trinajstić information content (AvgIpc) is 3.17. The third-order valence-electron chi connectivity index (χ3n) is 6.00. The minimum atomic E-state index is -0.0653. The van der Waals surface area contributed by atoms with Gasteiger partial charge in [0.05, 0.1) is 11.1 Å². The Bertz CT molecular complexity index is 1180. The van der Waals surface area contributed by atoms with E-state index in [2.05, 4.69) is 55.8 Å². The Balaban J connectivity index is 0.000000186. The SMILES string of the molecule is CC1(C)CN([B]C=O)c2c(C#N)cc(Br)cc21.CC1(C)CN([B]C=O)c2c(C#N)cccc21. The van der Waals surface area contributed by atoms with Crippen LogP contribution in [0, 0.1) is 22.7 Å². The van der Waals surface area contributed by atoms with Crippen molar-refractivity contribution in [3.63, 3.8) is 0 Å². The fourth-order valence-electron chi connectivity index (χ4n) is 4.58. The molecule has 6 nitrogen and oxygen atoms in total. The lowest BCUT2D eigenvalue weighted by molar-refractivity contribution is 0.564. The Morgan fingerprint density at radius 2 is 1.39 bits per heavy atom. The molecule has 0 saturated heterocycles. The van der Waals surface area contributed by atoms with Crippen LogP contribution in [0.5, 0.6) is 0 Å². The van der Waals surface area contributed by atoms with Crippen molar-refractivity contribution in [1.29, 1.82) is 10.5 Å². The number of rotatable bonds is 4. The van der Waals surface area contributed by atoms with Crippen LogP contribution in [0.4, 0.5) is 11.4 Å². The summed E-state index contributed by atoms with van der Waals surface area (Å²) in [6.45, 7) is 9.90. The molecule has 2 aliphatic rings. The number of carbonyl (C=O) groups is 2. The van der Waals surface area contributed by atoms with Crippen LogP contribution in [-0.2, 0) is 20.4 Å². The van der Waals surface area contributed by atoms with Gasteiger partial charge in [-0.15, -0.1) is 0 Å². The number of nitrogens with zero attached hydrogens (tertiary/aromatic N) is 4. The van der Waals surface area contributed by atoms with Crippen LogP contribution in [0.25, 0.3) is 0 Å². The van der Waals surface area contributed by atoms with E-state index in [0.717, 1.165) is 45.9 Å². The van der Waals surface area contributed by atoms with Crippen molar-refractivity contribution < 1.29 is 9.59 Å². The summed E-state index contributed by atoms with van der Waals surface area (Å²) in [5, 5.41) is 18.3. The van der Waals surface area contributed by atoms with E-state index in [0.29, 0.717) is 17.7 Å². The summed E-state index contributed by atoms with van der Waals surface area (Å²) in [6, 6.07) is 13.9. The monoisotopic (exact) mass is 500 g/mol. The summed E-state index contributed by atoms with van der Waals surface area (Å²) in [7, 11) is 2.98. The lowest BCUT2D eigenvalue weighted by Gasteiger charge is -2.20. The first-order valence-corrected chi connectivity index (χ1v) is 11.3. The van der Waals surface area contributed by atoms with Crippen LogP contribution in [0.15, 0.2) is 34.8 Å². The Hall–Kier alpha value is -3.03. The van der Waals surface area contributed by atoms with E-state index in [1.165, 1.54) is 14.8 Å². The molecule has 2 aromatic carbocycles. The number of nitriles is 2. The molecule has 33 heavy (non-hydrogen) atoms. The molecule has 0 spiro atoms. The summed E-state index contributed by atoms with van der Waals surface area (Å²) in [4.78, 5) is 25.0. The normalized spacial score (nSPS) is 16.3. The molecular weight excluding hydrogens is 478 g/mol. The Labute approximate surface area is 204 Å². The summed E-state index contributed by atoms with van der Waals surface area (Å²) in [6.07, 6.45) is 1.52. The number of halogens is 1. The van der Waals surface area contributed by atoms with E-state index >= 15 is 0 Å². The molecular formula is C24H23B2BrN4O2. The van der Waals surface area contributed by atoms with Crippen LogP contribution < -0.4 is 9.62 Å². The van der Waals surface area contributed by atoms with Gasteiger partial charge in [0.2, 0.25) is 0 Å². The second-order valence-corrected chi connectivity index (χ2v) is 10.3. The van der Waals surface area contributed by atoms with Crippen LogP contribution >= 0.6 is 15.9 Å². The maximum atomic E-state index is 10.7. The van der Waals surface area contributed by atoms with E-state index in [4.69, 9.17) is 5.26 Å². The zero-order valence-electron chi connectivity index (χ0n) is 19.1. The minimum Gasteiger partial charge on any atom is -0.410 e. The molecule has 0 bridgehead atoms. The zero-order valence-corrected chi connectivity index (χ0v) is 20.7. The molecule has 0 unspecified atom stereocenters. The third-order valence-corrected chi connectivity index (χ3v) is 6.45. The first-order chi connectivity index (χ1) is 15.6. The number of hydrogen-bond donors (Lipinski definition) is 0. The van der Waals surface area contributed by atoms with E-state index in [1.54, 1.807) is 12.1 Å². The van der Waals surface area contributed by atoms with E-state index in [1.807, 2.05) is 27.8 Å². The van der Waals surface area contributed by atoms with Gasteiger partial charge in [0.1, 0.15) is 24.5 Å². The van der Waals surface area contributed by atoms with Gasteiger partial charge in [-0.3, -0.25) is 0 Å². The molecule has 0 aromatic heterocycles. The number of benzene rings is 2. The highest BCUT2D eigenvalue weighted by Crippen LogP contribution is 2.43. The van der Waals surface area contributed by atoms with Crippen molar-refractivity contribution in [2.45, 2.75) is 38.5 Å². The number of carbonyl (C=O) groups excluding carboxylic acids is 2. The van der Waals surface area contributed by atoms with Gasteiger partial charge in [0, 0.05) is 39.8 Å². The van der Waals surface area contributed by atoms with Crippen molar-refractivity contribution in [1.82, 2.24) is 0 Å². The molecule has 2 aromatic rings. The standard InChI is InChI=1S/C12H11BBrN2O.C12H12BN2O/c1-12(2)6-16(13-7-17)11-8(5-15)3-9(14)4-10(11)12;1-12(2)7-15(13-8-16)11-9(6-14)4-3-5-10(11)12/h3-4,7H,6H2,1-2H3;3-5,8H,7H2,1-2H3.